The molecule has 0 amide bonds. The second-order valence-electron chi connectivity index (χ2n) is 11.7. The lowest BCUT2D eigenvalue weighted by atomic mass is 9.88. The summed E-state index contributed by atoms with van der Waals surface area (Å²) in [6.07, 6.45) is -12.8. The molecule has 0 N–H and O–H groups in total. The van der Waals surface area contributed by atoms with Gasteiger partial charge in [0.25, 0.3) is 0 Å². The molecule has 0 aliphatic heterocycles. The van der Waals surface area contributed by atoms with Crippen molar-refractivity contribution in [2.75, 3.05) is 0 Å². The van der Waals surface area contributed by atoms with Crippen molar-refractivity contribution >= 4 is 5.97 Å². The van der Waals surface area contributed by atoms with Gasteiger partial charge in [0, 0.05) is 12.0 Å². The molecule has 1 radical (unpaired) electrons. The lowest BCUT2D eigenvalue weighted by Gasteiger charge is -2.42. The van der Waals surface area contributed by atoms with E-state index in [0.717, 1.165) is 5.06 Å². The minimum absolute atomic E-state index is 0.0832. The molecular weight excluding hydrogens is 697 g/mol. The van der Waals surface area contributed by atoms with Gasteiger partial charge in [-0.05, 0) is 37.8 Å². The smallest absolute Gasteiger partial charge is 0.460 e. The molecule has 0 aliphatic rings. The van der Waals surface area contributed by atoms with Crippen molar-refractivity contribution in [2.45, 2.75) is 113 Å². The van der Waals surface area contributed by atoms with Crippen molar-refractivity contribution in [3.8, 4) is 0 Å². The Balaban J connectivity index is 3.13. The van der Waals surface area contributed by atoms with Crippen molar-refractivity contribution in [1.29, 1.82) is 0 Å². The second kappa shape index (κ2) is 13.0. The van der Waals surface area contributed by atoms with E-state index in [2.05, 4.69) is 4.74 Å². The highest BCUT2D eigenvalue weighted by molar-refractivity contribution is 5.69. The Morgan fingerprint density at radius 3 is 1.40 bits per heavy atom. The van der Waals surface area contributed by atoms with Crippen molar-refractivity contribution < 1.29 is 89.4 Å². The summed E-state index contributed by atoms with van der Waals surface area (Å²) in [4.78, 5) is 11.8. The number of ether oxygens (including phenoxy) is 1. The maximum absolute atomic E-state index is 14.0. The summed E-state index contributed by atoms with van der Waals surface area (Å²) in [5.74, 6) is -59.3. The van der Waals surface area contributed by atoms with Crippen LogP contribution in [0.5, 0.6) is 0 Å². The minimum Gasteiger partial charge on any atom is -0.461 e. The van der Waals surface area contributed by atoms with Crippen molar-refractivity contribution in [1.82, 2.24) is 5.06 Å². The van der Waals surface area contributed by atoms with Crippen LogP contribution >= 0.6 is 0 Å². The number of carbonyl (C=O) groups excluding carboxylic acids is 1. The lowest BCUT2D eigenvalue weighted by molar-refractivity contribution is -0.461. The van der Waals surface area contributed by atoms with E-state index in [1.807, 2.05) is 0 Å². The number of hydrogen-bond acceptors (Lipinski definition) is 3. The van der Waals surface area contributed by atoms with E-state index >= 15 is 0 Å². The zero-order valence-electron chi connectivity index (χ0n) is 24.7. The molecule has 47 heavy (non-hydrogen) atoms. The van der Waals surface area contributed by atoms with Crippen LogP contribution in [-0.4, -0.2) is 64.2 Å². The SMILES string of the molecule is CC(C)C(c1ccc(COC(=O)CCC(F)(F)C(F)(F)C(F)(F)C(F)(F)C(F)(F)C(F)(F)C(F)(F)C(F)(F)F)cc1)N([O])C(C)(C)C. The average molecular weight is 724 g/mol. The second-order valence-corrected chi connectivity index (χ2v) is 11.7. The summed E-state index contributed by atoms with van der Waals surface area (Å²) < 4.78 is 232. The normalized spacial score (nSPS) is 15.8. The zero-order valence-corrected chi connectivity index (χ0v) is 24.7. The molecule has 0 aliphatic carbocycles. The van der Waals surface area contributed by atoms with Crippen LogP contribution in [0.2, 0.25) is 0 Å². The summed E-state index contributed by atoms with van der Waals surface area (Å²) in [5, 5.41) is 13.5. The molecule has 0 spiro atoms. The van der Waals surface area contributed by atoms with Crippen LogP contribution in [0, 0.1) is 5.92 Å². The summed E-state index contributed by atoms with van der Waals surface area (Å²) in [6, 6.07) is 4.70. The van der Waals surface area contributed by atoms with Crippen LogP contribution in [0.4, 0.5) is 74.6 Å². The summed E-state index contributed by atoms with van der Waals surface area (Å²) in [5.41, 5.74) is -0.264. The first-order valence-electron chi connectivity index (χ1n) is 13.0. The van der Waals surface area contributed by atoms with Crippen LogP contribution in [0.15, 0.2) is 24.3 Å². The van der Waals surface area contributed by atoms with Crippen LogP contribution in [0.3, 0.4) is 0 Å². The molecule has 0 saturated carbocycles. The maximum Gasteiger partial charge on any atom is 0.460 e. The molecule has 1 aromatic rings. The Morgan fingerprint density at radius 1 is 0.660 bits per heavy atom. The number of hydroxylamine groups is 2. The van der Waals surface area contributed by atoms with Gasteiger partial charge in [0.15, 0.2) is 0 Å². The predicted molar refractivity (Wildman–Crippen MR) is 126 cm³/mol. The van der Waals surface area contributed by atoms with E-state index in [1.54, 1.807) is 34.6 Å². The maximum atomic E-state index is 14.0. The van der Waals surface area contributed by atoms with E-state index in [9.17, 15) is 84.6 Å². The fraction of sp³-hybridized carbons (Fsp3) is 0.731. The Kier molecular flexibility index (Phi) is 11.8. The molecule has 1 rings (SSSR count). The summed E-state index contributed by atoms with van der Waals surface area (Å²) >= 11 is 0. The van der Waals surface area contributed by atoms with E-state index in [1.165, 1.54) is 24.3 Å². The van der Waals surface area contributed by atoms with Gasteiger partial charge in [-0.25, -0.2) is 0 Å². The number of hydrogen-bond donors (Lipinski definition) is 0. The monoisotopic (exact) mass is 724 g/mol. The first-order chi connectivity index (χ1) is 20.6. The Labute approximate surface area is 255 Å². The van der Waals surface area contributed by atoms with Crippen molar-refractivity contribution in [3.63, 3.8) is 0 Å². The van der Waals surface area contributed by atoms with Crippen LogP contribution < -0.4 is 0 Å². The summed E-state index contributed by atoms with van der Waals surface area (Å²) in [7, 11) is 0. The van der Waals surface area contributed by atoms with E-state index in [-0.39, 0.29) is 11.5 Å². The third-order valence-electron chi connectivity index (χ3n) is 6.70. The molecular formula is C26H27F17NO3. The van der Waals surface area contributed by atoms with Gasteiger partial charge in [-0.2, -0.15) is 74.6 Å². The molecule has 1 atom stereocenters. The fourth-order valence-corrected chi connectivity index (χ4v) is 3.87. The zero-order chi connectivity index (χ0) is 37.6. The molecule has 0 saturated heterocycles. The molecule has 0 heterocycles. The standard InChI is InChI=1S/C26H27F17NO3/c1-13(2)17(44(46)18(3,4)5)15-8-6-14(7-9-15)12-47-16(45)10-11-19(27,28)20(29,30)21(31,32)22(33,34)23(35,36)24(37,38)25(39,40)26(41,42)43/h6-9,13,17H,10-12H2,1-5H3. The highest BCUT2D eigenvalue weighted by atomic mass is 19.4. The van der Waals surface area contributed by atoms with Gasteiger partial charge in [-0.3, -0.25) is 4.79 Å². The number of halogens is 17. The highest BCUT2D eigenvalue weighted by Crippen LogP contribution is 2.64. The van der Waals surface area contributed by atoms with E-state index < -0.39 is 84.6 Å². The molecule has 21 heteroatoms. The predicted octanol–water partition coefficient (Wildman–Crippen LogP) is 9.66. The number of nitrogens with zero attached hydrogens (tertiary/aromatic N) is 1. The van der Waals surface area contributed by atoms with Gasteiger partial charge >= 0.3 is 53.6 Å². The number of carbonyl (C=O) groups is 1. The first-order valence-corrected chi connectivity index (χ1v) is 13.0. The summed E-state index contributed by atoms with van der Waals surface area (Å²) in [6.45, 7) is 7.59. The van der Waals surface area contributed by atoms with Gasteiger partial charge in [0.2, 0.25) is 0 Å². The highest BCUT2D eigenvalue weighted by Gasteiger charge is 2.95. The molecule has 1 aromatic carbocycles. The van der Waals surface area contributed by atoms with Gasteiger partial charge in [-0.15, -0.1) is 10.3 Å². The number of benzene rings is 1. The third-order valence-corrected chi connectivity index (χ3v) is 6.70. The third kappa shape index (κ3) is 7.54. The van der Waals surface area contributed by atoms with Crippen molar-refractivity contribution in [3.05, 3.63) is 35.4 Å². The number of rotatable bonds is 14. The van der Waals surface area contributed by atoms with Gasteiger partial charge in [0.05, 0.1) is 12.5 Å². The van der Waals surface area contributed by atoms with Crippen LogP contribution in [0.1, 0.15) is 64.6 Å². The Morgan fingerprint density at radius 2 is 1.04 bits per heavy atom. The first kappa shape index (κ1) is 42.4. The molecule has 0 aromatic heterocycles. The van der Waals surface area contributed by atoms with Crippen molar-refractivity contribution in [2.24, 2.45) is 5.92 Å². The average Bonchev–Trinajstić information content (AvgIpc) is 2.89. The fourth-order valence-electron chi connectivity index (χ4n) is 3.87. The largest absolute Gasteiger partial charge is 0.461 e. The minimum atomic E-state index is -8.72. The Bertz CT molecular complexity index is 1220. The van der Waals surface area contributed by atoms with Gasteiger partial charge in [-0.1, -0.05) is 38.1 Å². The van der Waals surface area contributed by atoms with Gasteiger partial charge in [0.1, 0.15) is 6.61 Å². The van der Waals surface area contributed by atoms with E-state index in [0.29, 0.717) is 5.56 Å². The number of esters is 1. The number of alkyl halides is 17. The lowest BCUT2D eigenvalue weighted by Crippen LogP contribution is -2.74. The topological polar surface area (TPSA) is 49.4 Å². The van der Waals surface area contributed by atoms with Crippen LogP contribution in [-0.2, 0) is 21.3 Å². The Hall–Kier alpha value is -2.58. The molecule has 0 bridgehead atoms. The molecule has 0 fully saturated rings. The molecule has 273 valence electrons. The quantitative estimate of drug-likeness (QED) is 0.109. The van der Waals surface area contributed by atoms with E-state index in [4.69, 9.17) is 0 Å². The molecule has 1 unspecified atom stereocenters. The molecule has 4 nitrogen and oxygen atoms in total. The van der Waals surface area contributed by atoms with Gasteiger partial charge < -0.3 is 4.74 Å². The van der Waals surface area contributed by atoms with Crippen LogP contribution in [0.25, 0.3) is 0 Å².